The van der Waals surface area contributed by atoms with Crippen LogP contribution in [-0.2, 0) is 24.7 Å². The molecule has 1 N–H and O–H groups in total. The summed E-state index contributed by atoms with van der Waals surface area (Å²) in [5.41, 5.74) is -1.00. The van der Waals surface area contributed by atoms with Gasteiger partial charge in [0, 0.05) is 12.3 Å². The zero-order valence-electron chi connectivity index (χ0n) is 17.3. The van der Waals surface area contributed by atoms with Crippen molar-refractivity contribution in [2.24, 2.45) is 5.92 Å². The molecule has 1 aliphatic heterocycles. The lowest BCUT2D eigenvalue weighted by Gasteiger charge is -2.33. The minimum atomic E-state index is -1.61. The third kappa shape index (κ3) is 5.38. The molecule has 2 aliphatic rings. The Bertz CT molecular complexity index is 694. The molecule has 0 radical (unpaired) electrons. The first kappa shape index (κ1) is 23.8. The number of ether oxygens (including phenoxy) is 2. The van der Waals surface area contributed by atoms with E-state index >= 15 is 0 Å². The fourth-order valence-electron chi connectivity index (χ4n) is 4.69. The third-order valence-corrected chi connectivity index (χ3v) is 6.20. The van der Waals surface area contributed by atoms with Gasteiger partial charge in [-0.3, -0.25) is 0 Å². The summed E-state index contributed by atoms with van der Waals surface area (Å²) in [6.07, 6.45) is 4.06. The van der Waals surface area contributed by atoms with Crippen molar-refractivity contribution in [3.05, 3.63) is 35.9 Å². The van der Waals surface area contributed by atoms with Gasteiger partial charge in [0.1, 0.15) is 6.54 Å². The number of halogens is 1. The van der Waals surface area contributed by atoms with E-state index in [0.717, 1.165) is 32.2 Å². The van der Waals surface area contributed by atoms with Gasteiger partial charge >= 0.3 is 11.9 Å². The maximum atomic E-state index is 13.2. The van der Waals surface area contributed by atoms with E-state index in [9.17, 15) is 14.7 Å². The first-order valence-corrected chi connectivity index (χ1v) is 10.4. The highest BCUT2D eigenvalue weighted by molar-refractivity contribution is 8.93. The van der Waals surface area contributed by atoms with Gasteiger partial charge in [0.05, 0.1) is 20.2 Å². The summed E-state index contributed by atoms with van der Waals surface area (Å²) >= 11 is 0. The fourth-order valence-corrected chi connectivity index (χ4v) is 4.69. The number of benzene rings is 1. The fraction of sp³-hybridized carbons (Fsp3) is 0.636. The zero-order chi connectivity index (χ0) is 20.2. The van der Waals surface area contributed by atoms with Gasteiger partial charge in [0.25, 0.3) is 0 Å². The van der Waals surface area contributed by atoms with Gasteiger partial charge in [-0.15, -0.1) is 17.0 Å². The average molecular weight is 471 g/mol. The van der Waals surface area contributed by atoms with Crippen LogP contribution in [-0.4, -0.2) is 60.9 Å². The minimum Gasteiger partial charge on any atom is -0.462 e. The number of quaternary nitrogens is 1. The molecule has 1 aromatic rings. The monoisotopic (exact) mass is 470 g/mol. The third-order valence-electron chi connectivity index (χ3n) is 6.20. The smallest absolute Gasteiger partial charge is 0.361 e. The quantitative estimate of drug-likeness (QED) is 0.489. The van der Waals surface area contributed by atoms with Gasteiger partial charge in [-0.2, -0.15) is 0 Å². The van der Waals surface area contributed by atoms with Crippen LogP contribution >= 0.6 is 17.0 Å². The normalized spacial score (nSPS) is 26.4. The van der Waals surface area contributed by atoms with Crippen LogP contribution < -0.4 is 0 Å². The average Bonchev–Trinajstić information content (AvgIpc) is 3.32. The second-order valence-electron chi connectivity index (χ2n) is 8.42. The lowest BCUT2D eigenvalue weighted by Crippen LogP contribution is -2.48. The Kier molecular flexibility index (Phi) is 8.26. The molecule has 7 heteroatoms. The molecule has 2 fully saturated rings. The Balaban J connectivity index is 0.00000300. The van der Waals surface area contributed by atoms with Crippen LogP contribution in [0.5, 0.6) is 0 Å². The molecule has 3 unspecified atom stereocenters. The van der Waals surface area contributed by atoms with Crippen molar-refractivity contribution in [3.8, 4) is 0 Å². The van der Waals surface area contributed by atoms with Gasteiger partial charge in [-0.05, 0) is 25.3 Å². The second-order valence-corrected chi connectivity index (χ2v) is 8.42. The highest BCUT2D eigenvalue weighted by atomic mass is 79.9. The molecule has 3 rings (SSSR count). The van der Waals surface area contributed by atoms with Crippen LogP contribution in [0, 0.1) is 5.92 Å². The minimum absolute atomic E-state index is 0. The number of esters is 2. The van der Waals surface area contributed by atoms with Gasteiger partial charge in [-0.25, -0.2) is 9.59 Å². The Morgan fingerprint density at radius 2 is 1.83 bits per heavy atom. The molecule has 0 spiro atoms. The molecule has 0 aromatic heterocycles. The van der Waals surface area contributed by atoms with E-state index in [4.69, 9.17) is 9.47 Å². The van der Waals surface area contributed by atoms with Crippen molar-refractivity contribution in [2.75, 3.05) is 33.3 Å². The van der Waals surface area contributed by atoms with Gasteiger partial charge < -0.3 is 19.1 Å². The Morgan fingerprint density at radius 1 is 1.17 bits per heavy atom. The Labute approximate surface area is 183 Å². The standard InChI is InChI=1S/C22H32NO5.BrH/c1-3-27-20(24)16-23(2)14-13-19(15-23)28-21(25)22(26,18-11-7-8-12-18)17-9-5-4-6-10-17;/h4-6,9-10,18-19,26H,3,7-8,11-16H2,1-2H3;1H/q+1;. The number of carbonyl (C=O) groups is 2. The summed E-state index contributed by atoms with van der Waals surface area (Å²) in [6, 6.07) is 9.15. The van der Waals surface area contributed by atoms with Crippen LogP contribution in [0.3, 0.4) is 0 Å². The van der Waals surface area contributed by atoms with E-state index < -0.39 is 11.6 Å². The van der Waals surface area contributed by atoms with Gasteiger partial charge in [0.2, 0.25) is 0 Å². The van der Waals surface area contributed by atoms with Crippen LogP contribution in [0.4, 0.5) is 0 Å². The molecule has 1 aliphatic carbocycles. The molecule has 162 valence electrons. The van der Waals surface area contributed by atoms with Gasteiger partial charge in [0.15, 0.2) is 18.2 Å². The van der Waals surface area contributed by atoms with Crippen LogP contribution in [0.2, 0.25) is 0 Å². The maximum Gasteiger partial charge on any atom is 0.361 e. The molecule has 0 amide bonds. The summed E-state index contributed by atoms with van der Waals surface area (Å²) in [4.78, 5) is 25.0. The van der Waals surface area contributed by atoms with Crippen LogP contribution in [0.1, 0.15) is 44.6 Å². The molecule has 3 atom stereocenters. The summed E-state index contributed by atoms with van der Waals surface area (Å²) < 4.78 is 11.4. The molecule has 0 bridgehead atoms. The van der Waals surface area contributed by atoms with Crippen molar-refractivity contribution < 1.29 is 28.7 Å². The molecular weight excluding hydrogens is 438 g/mol. The second kappa shape index (κ2) is 10.0. The lowest BCUT2D eigenvalue weighted by molar-refractivity contribution is -0.891. The molecule has 6 nitrogen and oxygen atoms in total. The molecule has 1 saturated carbocycles. The summed E-state index contributed by atoms with van der Waals surface area (Å²) in [5, 5.41) is 11.5. The first-order valence-electron chi connectivity index (χ1n) is 10.4. The lowest BCUT2D eigenvalue weighted by atomic mass is 9.80. The number of hydrogen-bond donors (Lipinski definition) is 1. The molecule has 1 saturated heterocycles. The number of nitrogens with zero attached hydrogens (tertiary/aromatic N) is 1. The van der Waals surface area contributed by atoms with E-state index in [-0.39, 0.29) is 41.5 Å². The van der Waals surface area contributed by atoms with E-state index in [1.54, 1.807) is 19.1 Å². The number of rotatable bonds is 7. The number of hydrogen-bond acceptors (Lipinski definition) is 5. The topological polar surface area (TPSA) is 72.8 Å². The molecular formula is C22H33BrNO5+. The number of likely N-dealkylation sites (N-methyl/N-ethyl adjacent to an activating group) is 1. The summed E-state index contributed by atoms with van der Waals surface area (Å²) in [6.45, 7) is 3.72. The largest absolute Gasteiger partial charge is 0.462 e. The van der Waals surface area contributed by atoms with Crippen molar-refractivity contribution >= 4 is 28.9 Å². The first-order chi connectivity index (χ1) is 13.4. The number of aliphatic hydroxyl groups is 1. The summed E-state index contributed by atoms with van der Waals surface area (Å²) in [7, 11) is 1.98. The Hall–Kier alpha value is -1.44. The Morgan fingerprint density at radius 3 is 2.45 bits per heavy atom. The van der Waals surface area contributed by atoms with Gasteiger partial charge in [-0.1, -0.05) is 43.2 Å². The maximum absolute atomic E-state index is 13.2. The molecule has 1 aromatic carbocycles. The highest BCUT2D eigenvalue weighted by Gasteiger charge is 2.50. The molecule has 29 heavy (non-hydrogen) atoms. The van der Waals surface area contributed by atoms with Crippen molar-refractivity contribution in [2.45, 2.75) is 50.7 Å². The van der Waals surface area contributed by atoms with Crippen molar-refractivity contribution in [3.63, 3.8) is 0 Å². The van der Waals surface area contributed by atoms with Crippen molar-refractivity contribution in [1.82, 2.24) is 0 Å². The van der Waals surface area contributed by atoms with Crippen molar-refractivity contribution in [1.29, 1.82) is 0 Å². The molecule has 1 heterocycles. The number of likely N-dealkylation sites (tertiary alicyclic amines) is 1. The highest BCUT2D eigenvalue weighted by Crippen LogP contribution is 2.42. The van der Waals surface area contributed by atoms with E-state index in [0.29, 0.717) is 29.6 Å². The van der Waals surface area contributed by atoms with E-state index in [1.807, 2.05) is 25.2 Å². The number of carbonyl (C=O) groups excluding carboxylic acids is 2. The SMILES string of the molecule is Br.CCOC(=O)C[N+]1(C)CCC(OC(=O)C(O)(c2ccccc2)C2CCCC2)C1. The van der Waals surface area contributed by atoms with Crippen LogP contribution in [0.15, 0.2) is 30.3 Å². The predicted molar refractivity (Wildman–Crippen MR) is 115 cm³/mol. The summed E-state index contributed by atoms with van der Waals surface area (Å²) in [5.74, 6) is -0.909. The van der Waals surface area contributed by atoms with Crippen LogP contribution in [0.25, 0.3) is 0 Å². The van der Waals surface area contributed by atoms with E-state index in [1.165, 1.54) is 0 Å². The predicted octanol–water partition coefficient (Wildman–Crippen LogP) is 2.97. The zero-order valence-corrected chi connectivity index (χ0v) is 19.1. The van der Waals surface area contributed by atoms with E-state index in [2.05, 4.69) is 0 Å².